The zero-order chi connectivity index (χ0) is 18.3. The molecule has 0 spiro atoms. The lowest BCUT2D eigenvalue weighted by molar-refractivity contribution is 0.206. The molecule has 2 rings (SSSR count). The van der Waals surface area contributed by atoms with Gasteiger partial charge >= 0.3 is 0 Å². The van der Waals surface area contributed by atoms with Crippen LogP contribution in [-0.2, 0) is 16.6 Å². The van der Waals surface area contributed by atoms with Crippen LogP contribution in [0.2, 0.25) is 0 Å². The molecule has 1 fully saturated rings. The van der Waals surface area contributed by atoms with Gasteiger partial charge in [0.05, 0.1) is 4.90 Å². The lowest BCUT2D eigenvalue weighted by Crippen LogP contribution is -2.48. The van der Waals surface area contributed by atoms with Gasteiger partial charge in [0, 0.05) is 32.7 Å². The van der Waals surface area contributed by atoms with Crippen LogP contribution >= 0.6 is 0 Å². The van der Waals surface area contributed by atoms with E-state index in [1.54, 1.807) is 19.2 Å². The maximum Gasteiger partial charge on any atom is 0.238 e. The molecular weight excluding hydrogens is 338 g/mol. The van der Waals surface area contributed by atoms with Crippen LogP contribution in [0.1, 0.15) is 31.7 Å². The van der Waals surface area contributed by atoms with Crippen molar-refractivity contribution in [1.29, 1.82) is 0 Å². The number of piperidine rings is 1. The number of likely N-dealkylation sites (tertiary alicyclic amines) is 1. The number of nitrogens with zero attached hydrogens (tertiary/aromatic N) is 2. The van der Waals surface area contributed by atoms with Crippen LogP contribution in [0.25, 0.3) is 0 Å². The number of rotatable bonds is 6. The van der Waals surface area contributed by atoms with Crippen LogP contribution in [0.3, 0.4) is 0 Å². The van der Waals surface area contributed by atoms with E-state index in [2.05, 4.69) is 27.4 Å². The van der Waals surface area contributed by atoms with Crippen molar-refractivity contribution >= 4 is 16.0 Å². The van der Waals surface area contributed by atoms with Crippen LogP contribution in [0.5, 0.6) is 0 Å². The third-order valence-corrected chi connectivity index (χ3v) is 5.29. The molecule has 0 aliphatic carbocycles. The number of benzene rings is 1. The van der Waals surface area contributed by atoms with E-state index >= 15 is 0 Å². The highest BCUT2D eigenvalue weighted by molar-refractivity contribution is 7.89. The van der Waals surface area contributed by atoms with Crippen LogP contribution in [0.15, 0.2) is 34.2 Å². The topological polar surface area (TPSA) is 99.8 Å². The number of guanidine groups is 1. The van der Waals surface area contributed by atoms with Crippen molar-refractivity contribution in [3.63, 3.8) is 0 Å². The molecule has 1 aliphatic heterocycles. The monoisotopic (exact) mass is 367 g/mol. The molecule has 0 bridgehead atoms. The van der Waals surface area contributed by atoms with Gasteiger partial charge in [-0.15, -0.1) is 0 Å². The number of aliphatic imine (C=N–C) groups is 1. The Labute approximate surface area is 150 Å². The standard InChI is InChI=1S/C17H29N5O2S/c1-3-9-22-10-7-15(8-11-22)21-17(19-2)20-13-14-5-4-6-16(12-14)25(18,23)24/h4-6,12,15H,3,7-11,13H2,1-2H3,(H2,18,23,24)(H2,19,20,21). The van der Waals surface area contributed by atoms with E-state index in [0.29, 0.717) is 12.6 Å². The van der Waals surface area contributed by atoms with Crippen molar-refractivity contribution in [1.82, 2.24) is 15.5 Å². The Balaban J connectivity index is 1.85. The molecular formula is C17H29N5O2S. The van der Waals surface area contributed by atoms with E-state index in [-0.39, 0.29) is 4.90 Å². The molecule has 0 amide bonds. The van der Waals surface area contributed by atoms with Gasteiger partial charge in [-0.05, 0) is 43.5 Å². The van der Waals surface area contributed by atoms with E-state index in [1.807, 2.05) is 6.07 Å². The Hall–Kier alpha value is -1.64. The SMILES string of the molecule is CCCN1CCC(NC(=NC)NCc2cccc(S(N)(=O)=O)c2)CC1. The zero-order valence-electron chi connectivity index (χ0n) is 15.0. The van der Waals surface area contributed by atoms with Gasteiger partial charge < -0.3 is 15.5 Å². The number of primary sulfonamides is 1. The number of nitrogens with two attached hydrogens (primary N) is 1. The Bertz CT molecular complexity index is 682. The summed E-state index contributed by atoms with van der Waals surface area (Å²) in [6, 6.07) is 7.04. The van der Waals surface area contributed by atoms with E-state index < -0.39 is 10.0 Å². The largest absolute Gasteiger partial charge is 0.354 e. The summed E-state index contributed by atoms with van der Waals surface area (Å²) in [5, 5.41) is 11.9. The summed E-state index contributed by atoms with van der Waals surface area (Å²) >= 11 is 0. The van der Waals surface area contributed by atoms with Crippen molar-refractivity contribution in [3.8, 4) is 0 Å². The van der Waals surface area contributed by atoms with E-state index in [9.17, 15) is 8.42 Å². The maximum absolute atomic E-state index is 11.4. The van der Waals surface area contributed by atoms with Crippen LogP contribution in [0, 0.1) is 0 Å². The quantitative estimate of drug-likeness (QED) is 0.512. The molecule has 1 aliphatic rings. The molecule has 0 saturated carbocycles. The molecule has 140 valence electrons. The third kappa shape index (κ3) is 6.30. The van der Waals surface area contributed by atoms with Gasteiger partial charge in [0.25, 0.3) is 0 Å². The molecule has 7 nitrogen and oxygen atoms in total. The molecule has 4 N–H and O–H groups in total. The highest BCUT2D eigenvalue weighted by Crippen LogP contribution is 2.11. The van der Waals surface area contributed by atoms with Crippen LogP contribution in [-0.4, -0.2) is 52.0 Å². The van der Waals surface area contributed by atoms with Gasteiger partial charge in [-0.2, -0.15) is 0 Å². The first-order valence-corrected chi connectivity index (χ1v) is 10.3. The molecule has 8 heteroatoms. The predicted octanol–water partition coefficient (Wildman–Crippen LogP) is 0.873. The number of hydrogen-bond donors (Lipinski definition) is 3. The first-order valence-electron chi connectivity index (χ1n) is 8.73. The molecule has 0 radical (unpaired) electrons. The van der Waals surface area contributed by atoms with Crippen LogP contribution in [0.4, 0.5) is 0 Å². The highest BCUT2D eigenvalue weighted by atomic mass is 32.2. The summed E-state index contributed by atoms with van der Waals surface area (Å²) in [7, 11) is -1.94. The Morgan fingerprint density at radius 1 is 1.36 bits per heavy atom. The zero-order valence-corrected chi connectivity index (χ0v) is 15.8. The van der Waals surface area contributed by atoms with Gasteiger partial charge in [0.2, 0.25) is 10.0 Å². The fraction of sp³-hybridized carbons (Fsp3) is 0.588. The summed E-state index contributed by atoms with van der Waals surface area (Å²) in [5.74, 6) is 0.731. The second kappa shape index (κ2) is 9.17. The molecule has 1 aromatic carbocycles. The lowest BCUT2D eigenvalue weighted by Gasteiger charge is -2.32. The Morgan fingerprint density at radius 2 is 2.08 bits per heavy atom. The van der Waals surface area contributed by atoms with Gasteiger partial charge in [0.15, 0.2) is 5.96 Å². The number of nitrogens with one attached hydrogen (secondary N) is 2. The van der Waals surface area contributed by atoms with Gasteiger partial charge in [-0.1, -0.05) is 19.1 Å². The second-order valence-corrected chi connectivity index (χ2v) is 7.94. The van der Waals surface area contributed by atoms with E-state index in [0.717, 1.165) is 37.5 Å². The molecule has 25 heavy (non-hydrogen) atoms. The molecule has 1 heterocycles. The third-order valence-electron chi connectivity index (χ3n) is 4.38. The van der Waals surface area contributed by atoms with Crippen molar-refractivity contribution in [2.24, 2.45) is 10.1 Å². The van der Waals surface area contributed by atoms with E-state index in [1.165, 1.54) is 19.0 Å². The Kier molecular flexibility index (Phi) is 7.22. The molecule has 0 aromatic heterocycles. The summed E-state index contributed by atoms with van der Waals surface area (Å²) in [5.41, 5.74) is 0.840. The lowest BCUT2D eigenvalue weighted by atomic mass is 10.1. The van der Waals surface area contributed by atoms with Gasteiger partial charge in [-0.3, -0.25) is 4.99 Å². The average Bonchev–Trinajstić information content (AvgIpc) is 2.60. The summed E-state index contributed by atoms with van der Waals surface area (Å²) in [4.78, 5) is 6.88. The first kappa shape index (κ1) is 19.7. The van der Waals surface area contributed by atoms with E-state index in [4.69, 9.17) is 5.14 Å². The fourth-order valence-corrected chi connectivity index (χ4v) is 3.61. The van der Waals surface area contributed by atoms with Crippen molar-refractivity contribution < 1.29 is 8.42 Å². The minimum absolute atomic E-state index is 0.123. The predicted molar refractivity (Wildman–Crippen MR) is 101 cm³/mol. The molecule has 0 unspecified atom stereocenters. The smallest absolute Gasteiger partial charge is 0.238 e. The van der Waals surface area contributed by atoms with Crippen molar-refractivity contribution in [2.45, 2.75) is 43.7 Å². The van der Waals surface area contributed by atoms with Gasteiger partial charge in [0.1, 0.15) is 0 Å². The maximum atomic E-state index is 11.4. The normalized spacial score (nSPS) is 17.5. The summed E-state index contributed by atoms with van der Waals surface area (Å²) in [6.07, 6.45) is 3.39. The van der Waals surface area contributed by atoms with Crippen molar-refractivity contribution in [3.05, 3.63) is 29.8 Å². The highest BCUT2D eigenvalue weighted by Gasteiger charge is 2.19. The number of sulfonamides is 1. The van der Waals surface area contributed by atoms with Gasteiger partial charge in [-0.25, -0.2) is 13.6 Å². The molecule has 1 saturated heterocycles. The van der Waals surface area contributed by atoms with Crippen molar-refractivity contribution in [2.75, 3.05) is 26.7 Å². The minimum Gasteiger partial charge on any atom is -0.354 e. The summed E-state index contributed by atoms with van der Waals surface area (Å²) in [6.45, 7) is 6.08. The second-order valence-electron chi connectivity index (χ2n) is 6.38. The Morgan fingerprint density at radius 3 is 2.68 bits per heavy atom. The van der Waals surface area contributed by atoms with Crippen LogP contribution < -0.4 is 15.8 Å². The molecule has 0 atom stereocenters. The number of hydrogen-bond acceptors (Lipinski definition) is 4. The average molecular weight is 368 g/mol. The fourth-order valence-electron chi connectivity index (χ4n) is 3.02. The first-order chi connectivity index (χ1) is 11.9. The minimum atomic E-state index is -3.68. The molecule has 1 aromatic rings. The summed E-state index contributed by atoms with van der Waals surface area (Å²) < 4.78 is 22.9.